The van der Waals surface area contributed by atoms with Crippen molar-refractivity contribution >= 4 is 46.1 Å². The van der Waals surface area contributed by atoms with Gasteiger partial charge in [-0.25, -0.2) is 4.99 Å². The normalized spacial score (nSPS) is 20.9. The molecular weight excluding hydrogens is 357 g/mol. The van der Waals surface area contributed by atoms with E-state index in [1.807, 2.05) is 0 Å². The summed E-state index contributed by atoms with van der Waals surface area (Å²) in [7, 11) is 1.38. The summed E-state index contributed by atoms with van der Waals surface area (Å²) in [5.41, 5.74) is -1.12. The van der Waals surface area contributed by atoms with Crippen molar-refractivity contribution in [3.63, 3.8) is 0 Å². The number of alkyl halides is 3. The zero-order valence-electron chi connectivity index (χ0n) is 11.6. The third kappa shape index (κ3) is 3.97. The third-order valence-corrected chi connectivity index (χ3v) is 4.58. The van der Waals surface area contributed by atoms with Gasteiger partial charge in [0.15, 0.2) is 5.17 Å². The average Bonchev–Trinajstić information content (AvgIpc) is 2.44. The number of carboxylic acid groups (broad SMARTS) is 1. The summed E-state index contributed by atoms with van der Waals surface area (Å²) in [4.78, 5) is 27.9. The van der Waals surface area contributed by atoms with Gasteiger partial charge in [0.25, 0.3) is 0 Å². The van der Waals surface area contributed by atoms with Gasteiger partial charge in [0.1, 0.15) is 5.25 Å². The maximum Gasteiger partial charge on any atom is 0.417 e. The molecule has 0 aliphatic carbocycles. The number of hydrogen-bond donors (Lipinski definition) is 1. The number of carbonyl (C=O) groups excluding carboxylic acids is 1. The number of aliphatic imine (C=N–C) groups is 1. The molecule has 1 amide bonds. The van der Waals surface area contributed by atoms with Crippen LogP contribution in [-0.2, 0) is 15.8 Å². The molecule has 10 heteroatoms. The lowest BCUT2D eigenvalue weighted by Gasteiger charge is -2.27. The summed E-state index contributed by atoms with van der Waals surface area (Å²) in [5.74, 6) is -1.66. The number of hydrogen-bond acceptors (Lipinski definition) is 4. The summed E-state index contributed by atoms with van der Waals surface area (Å²) >= 11 is 6.33. The minimum absolute atomic E-state index is 0.0177. The highest BCUT2D eigenvalue weighted by atomic mass is 35.5. The van der Waals surface area contributed by atoms with Crippen molar-refractivity contribution in [2.75, 3.05) is 7.05 Å². The second-order valence-corrected chi connectivity index (χ2v) is 6.23. The van der Waals surface area contributed by atoms with E-state index < -0.39 is 33.9 Å². The molecule has 1 heterocycles. The van der Waals surface area contributed by atoms with E-state index in [0.29, 0.717) is 0 Å². The van der Waals surface area contributed by atoms with Crippen molar-refractivity contribution in [2.24, 2.45) is 4.99 Å². The fourth-order valence-electron chi connectivity index (χ4n) is 1.80. The molecular formula is C13H10ClF3N2O3S. The molecule has 0 spiro atoms. The summed E-state index contributed by atoms with van der Waals surface area (Å²) in [6, 6.07) is 3.06. The molecule has 1 aromatic carbocycles. The van der Waals surface area contributed by atoms with E-state index in [9.17, 15) is 22.8 Å². The Hall–Kier alpha value is -1.74. The van der Waals surface area contributed by atoms with Crippen LogP contribution >= 0.6 is 23.4 Å². The largest absolute Gasteiger partial charge is 0.480 e. The van der Waals surface area contributed by atoms with E-state index in [4.69, 9.17) is 16.7 Å². The molecule has 1 saturated heterocycles. The van der Waals surface area contributed by atoms with Gasteiger partial charge in [-0.05, 0) is 18.2 Å². The van der Waals surface area contributed by atoms with Crippen molar-refractivity contribution in [2.45, 2.75) is 17.8 Å². The first-order valence-electron chi connectivity index (χ1n) is 6.21. The minimum Gasteiger partial charge on any atom is -0.480 e. The van der Waals surface area contributed by atoms with Crippen molar-refractivity contribution in [1.82, 2.24) is 4.90 Å². The number of amidine groups is 1. The summed E-state index contributed by atoms with van der Waals surface area (Å²) < 4.78 is 38.5. The Kier molecular flexibility index (Phi) is 4.90. The molecule has 1 aromatic rings. The van der Waals surface area contributed by atoms with Crippen LogP contribution in [0.5, 0.6) is 0 Å². The highest BCUT2D eigenvalue weighted by molar-refractivity contribution is 8.15. The van der Waals surface area contributed by atoms with Gasteiger partial charge >= 0.3 is 12.1 Å². The number of benzene rings is 1. The molecule has 1 aliphatic rings. The smallest absolute Gasteiger partial charge is 0.417 e. The van der Waals surface area contributed by atoms with E-state index in [2.05, 4.69) is 4.99 Å². The van der Waals surface area contributed by atoms with Gasteiger partial charge in [0, 0.05) is 7.05 Å². The van der Waals surface area contributed by atoms with Gasteiger partial charge in [0.2, 0.25) is 5.91 Å². The van der Waals surface area contributed by atoms with Crippen LogP contribution in [0.15, 0.2) is 23.2 Å². The van der Waals surface area contributed by atoms with Gasteiger partial charge in [0.05, 0.1) is 22.7 Å². The van der Waals surface area contributed by atoms with Crippen LogP contribution in [0, 0.1) is 0 Å². The average molecular weight is 367 g/mol. The first-order chi connectivity index (χ1) is 10.6. The first kappa shape index (κ1) is 17.6. The van der Waals surface area contributed by atoms with Gasteiger partial charge in [-0.3, -0.25) is 14.5 Å². The monoisotopic (exact) mass is 366 g/mol. The maximum absolute atomic E-state index is 12.8. The molecule has 1 atom stereocenters. The minimum atomic E-state index is -4.64. The number of halogens is 4. The Balaban J connectivity index is 2.40. The van der Waals surface area contributed by atoms with Crippen LogP contribution in [0.3, 0.4) is 0 Å². The Morgan fingerprint density at radius 2 is 2.13 bits per heavy atom. The number of carboxylic acids is 1. The van der Waals surface area contributed by atoms with E-state index in [1.165, 1.54) is 13.1 Å². The standard InChI is InChI=1S/C13H10ClF3N2O3S/c1-19-10(20)5-9(11(21)22)23-12(19)18-6-2-3-8(14)7(4-6)13(15,16)17/h2-4,9H,5H2,1H3,(H,21,22)/t9-/m0/s1. The molecule has 1 N–H and O–H groups in total. The van der Waals surface area contributed by atoms with Crippen LogP contribution < -0.4 is 0 Å². The zero-order chi connectivity index (χ0) is 17.4. The first-order valence-corrected chi connectivity index (χ1v) is 7.47. The van der Waals surface area contributed by atoms with Gasteiger partial charge in [-0.15, -0.1) is 0 Å². The zero-order valence-corrected chi connectivity index (χ0v) is 13.2. The second-order valence-electron chi connectivity index (χ2n) is 4.66. The number of aliphatic carboxylic acids is 1. The quantitative estimate of drug-likeness (QED) is 0.871. The van der Waals surface area contributed by atoms with Crippen LogP contribution in [-0.4, -0.2) is 39.3 Å². The SMILES string of the molecule is CN1C(=O)C[C@@H](C(=O)O)SC1=Nc1ccc(Cl)c(C(F)(F)F)c1. The van der Waals surface area contributed by atoms with Gasteiger partial charge in [-0.1, -0.05) is 23.4 Å². The number of amides is 1. The van der Waals surface area contributed by atoms with Gasteiger partial charge in [-0.2, -0.15) is 13.2 Å². The molecule has 0 unspecified atom stereocenters. The van der Waals surface area contributed by atoms with Crippen molar-refractivity contribution < 1.29 is 27.9 Å². The van der Waals surface area contributed by atoms with Gasteiger partial charge < -0.3 is 5.11 Å². The Bertz CT molecular complexity index is 694. The molecule has 1 aliphatic heterocycles. The maximum atomic E-state index is 12.8. The van der Waals surface area contributed by atoms with E-state index in [0.717, 1.165) is 28.8 Å². The number of rotatable bonds is 2. The van der Waals surface area contributed by atoms with Crippen molar-refractivity contribution in [3.05, 3.63) is 28.8 Å². The Morgan fingerprint density at radius 1 is 1.48 bits per heavy atom. The molecule has 0 aromatic heterocycles. The summed E-state index contributed by atoms with van der Waals surface area (Å²) in [5, 5.41) is 7.53. The number of thioether (sulfide) groups is 1. The van der Waals surface area contributed by atoms with Crippen molar-refractivity contribution in [1.29, 1.82) is 0 Å². The second kappa shape index (κ2) is 6.40. The topological polar surface area (TPSA) is 70.0 Å². The molecule has 0 bridgehead atoms. The molecule has 0 radical (unpaired) electrons. The lowest BCUT2D eigenvalue weighted by atomic mass is 10.2. The Morgan fingerprint density at radius 3 is 2.70 bits per heavy atom. The molecule has 5 nitrogen and oxygen atoms in total. The molecule has 0 saturated carbocycles. The third-order valence-electron chi connectivity index (χ3n) is 3.02. The molecule has 124 valence electrons. The van der Waals surface area contributed by atoms with E-state index in [-0.39, 0.29) is 17.3 Å². The molecule has 23 heavy (non-hydrogen) atoms. The van der Waals surface area contributed by atoms with Crippen LogP contribution in [0.4, 0.5) is 18.9 Å². The van der Waals surface area contributed by atoms with Crippen LogP contribution in [0.2, 0.25) is 5.02 Å². The lowest BCUT2D eigenvalue weighted by molar-refractivity contribution is -0.139. The summed E-state index contributed by atoms with van der Waals surface area (Å²) in [6.07, 6.45) is -4.84. The Labute approximate surface area is 138 Å². The molecule has 2 rings (SSSR count). The fraction of sp³-hybridized carbons (Fsp3) is 0.308. The van der Waals surface area contributed by atoms with Crippen LogP contribution in [0.25, 0.3) is 0 Å². The summed E-state index contributed by atoms with van der Waals surface area (Å²) in [6.45, 7) is 0. The van der Waals surface area contributed by atoms with E-state index in [1.54, 1.807) is 0 Å². The number of nitrogens with zero attached hydrogens (tertiary/aromatic N) is 2. The fourth-order valence-corrected chi connectivity index (χ4v) is 3.02. The van der Waals surface area contributed by atoms with Crippen molar-refractivity contribution in [3.8, 4) is 0 Å². The molecule has 1 fully saturated rings. The van der Waals surface area contributed by atoms with E-state index >= 15 is 0 Å². The highest BCUT2D eigenvalue weighted by Gasteiger charge is 2.35. The number of carbonyl (C=O) groups is 2. The van der Waals surface area contributed by atoms with Crippen LogP contribution in [0.1, 0.15) is 12.0 Å². The predicted molar refractivity (Wildman–Crippen MR) is 80.0 cm³/mol. The highest BCUT2D eigenvalue weighted by Crippen LogP contribution is 2.37. The predicted octanol–water partition coefficient (Wildman–Crippen LogP) is 3.39. The lowest BCUT2D eigenvalue weighted by Crippen LogP contribution is -2.41.